The van der Waals surface area contributed by atoms with Crippen LogP contribution in [0.3, 0.4) is 0 Å². The van der Waals surface area contributed by atoms with Crippen LogP contribution in [0.4, 0.5) is 0 Å². The number of nitrogens with zero attached hydrogens (tertiary/aromatic N) is 2. The summed E-state index contributed by atoms with van der Waals surface area (Å²) in [6, 6.07) is 3.88. The third-order valence-electron chi connectivity index (χ3n) is 2.88. The van der Waals surface area contributed by atoms with Gasteiger partial charge in [-0.1, -0.05) is 6.07 Å². The van der Waals surface area contributed by atoms with Crippen LogP contribution in [-0.2, 0) is 17.6 Å². The van der Waals surface area contributed by atoms with E-state index in [0.717, 1.165) is 24.1 Å². The fourth-order valence-corrected chi connectivity index (χ4v) is 2.56. The molecule has 0 spiro atoms. The Labute approximate surface area is 116 Å². The van der Waals surface area contributed by atoms with Gasteiger partial charge in [-0.15, -0.1) is 11.3 Å². The molecule has 0 aliphatic heterocycles. The van der Waals surface area contributed by atoms with E-state index in [1.807, 2.05) is 24.6 Å². The number of aryl methyl sites for hydroxylation is 2. The van der Waals surface area contributed by atoms with Gasteiger partial charge in [-0.3, -0.25) is 9.78 Å². The van der Waals surface area contributed by atoms with Crippen molar-refractivity contribution in [2.45, 2.75) is 26.2 Å². The maximum atomic E-state index is 11.7. The molecule has 0 aliphatic rings. The smallest absolute Gasteiger partial charge is 0.220 e. The van der Waals surface area contributed by atoms with Crippen LogP contribution >= 0.6 is 11.3 Å². The number of thiazole rings is 1. The number of rotatable bonds is 6. The summed E-state index contributed by atoms with van der Waals surface area (Å²) >= 11 is 1.64. The molecule has 19 heavy (non-hydrogen) atoms. The third-order valence-corrected chi connectivity index (χ3v) is 3.88. The number of hydrogen-bond donors (Lipinski definition) is 1. The van der Waals surface area contributed by atoms with Crippen LogP contribution in [0.5, 0.6) is 0 Å². The Morgan fingerprint density at radius 3 is 3.00 bits per heavy atom. The van der Waals surface area contributed by atoms with Gasteiger partial charge in [0.1, 0.15) is 0 Å². The zero-order valence-electron chi connectivity index (χ0n) is 10.9. The topological polar surface area (TPSA) is 54.9 Å². The summed E-state index contributed by atoms with van der Waals surface area (Å²) in [5.41, 5.74) is 4.00. The van der Waals surface area contributed by atoms with Gasteiger partial charge in [0.15, 0.2) is 0 Å². The van der Waals surface area contributed by atoms with E-state index >= 15 is 0 Å². The first-order valence-corrected chi connectivity index (χ1v) is 7.18. The van der Waals surface area contributed by atoms with Crippen LogP contribution in [0.1, 0.15) is 22.6 Å². The highest BCUT2D eigenvalue weighted by atomic mass is 32.1. The van der Waals surface area contributed by atoms with E-state index in [0.29, 0.717) is 13.0 Å². The van der Waals surface area contributed by atoms with Gasteiger partial charge < -0.3 is 5.32 Å². The summed E-state index contributed by atoms with van der Waals surface area (Å²) in [5, 5.41) is 2.94. The Bertz CT molecular complexity index is 524. The van der Waals surface area contributed by atoms with Crippen molar-refractivity contribution < 1.29 is 4.79 Å². The Hall–Kier alpha value is -1.75. The lowest BCUT2D eigenvalue weighted by Crippen LogP contribution is -2.25. The van der Waals surface area contributed by atoms with Crippen molar-refractivity contribution in [3.8, 4) is 0 Å². The summed E-state index contributed by atoms with van der Waals surface area (Å²) in [7, 11) is 0. The predicted octanol–water partition coefficient (Wildman–Crippen LogP) is 2.14. The van der Waals surface area contributed by atoms with Crippen molar-refractivity contribution in [1.82, 2.24) is 15.3 Å². The second-order valence-corrected chi connectivity index (χ2v) is 5.26. The number of nitrogens with one attached hydrogen (secondary N) is 1. The molecule has 0 atom stereocenters. The molecule has 2 aromatic rings. The van der Waals surface area contributed by atoms with Crippen LogP contribution in [0.2, 0.25) is 0 Å². The van der Waals surface area contributed by atoms with E-state index in [1.165, 1.54) is 4.88 Å². The molecule has 1 amide bonds. The number of carbonyl (C=O) groups is 1. The van der Waals surface area contributed by atoms with Gasteiger partial charge in [0.05, 0.1) is 11.2 Å². The highest BCUT2D eigenvalue weighted by Gasteiger charge is 2.04. The van der Waals surface area contributed by atoms with E-state index in [9.17, 15) is 4.79 Å². The number of aromatic nitrogens is 2. The SMILES string of the molecule is Cc1ncsc1CCNC(=O)CCc1cccnc1. The second kappa shape index (κ2) is 6.99. The van der Waals surface area contributed by atoms with Crippen LogP contribution in [0.15, 0.2) is 30.0 Å². The number of carbonyl (C=O) groups excluding carboxylic acids is 1. The first-order chi connectivity index (χ1) is 9.25. The molecule has 0 bridgehead atoms. The van der Waals surface area contributed by atoms with E-state index in [4.69, 9.17) is 0 Å². The molecule has 0 aromatic carbocycles. The van der Waals surface area contributed by atoms with E-state index in [2.05, 4.69) is 15.3 Å². The van der Waals surface area contributed by atoms with Crippen molar-refractivity contribution in [1.29, 1.82) is 0 Å². The van der Waals surface area contributed by atoms with Gasteiger partial charge in [-0.2, -0.15) is 0 Å². The monoisotopic (exact) mass is 275 g/mol. The molecular weight excluding hydrogens is 258 g/mol. The van der Waals surface area contributed by atoms with E-state index < -0.39 is 0 Å². The van der Waals surface area contributed by atoms with Crippen molar-refractivity contribution in [3.63, 3.8) is 0 Å². The minimum atomic E-state index is 0.0889. The van der Waals surface area contributed by atoms with E-state index in [-0.39, 0.29) is 5.91 Å². The quantitative estimate of drug-likeness (QED) is 0.878. The molecule has 2 aromatic heterocycles. The highest BCUT2D eigenvalue weighted by molar-refractivity contribution is 7.09. The average Bonchev–Trinajstić information content (AvgIpc) is 2.83. The second-order valence-electron chi connectivity index (χ2n) is 4.32. The van der Waals surface area contributed by atoms with Crippen LogP contribution in [0.25, 0.3) is 0 Å². The zero-order chi connectivity index (χ0) is 13.5. The molecule has 0 unspecified atom stereocenters. The summed E-state index contributed by atoms with van der Waals surface area (Å²) in [6.45, 7) is 2.67. The summed E-state index contributed by atoms with van der Waals surface area (Å²) in [6.07, 6.45) is 5.64. The largest absolute Gasteiger partial charge is 0.356 e. The fraction of sp³-hybridized carbons (Fsp3) is 0.357. The lowest BCUT2D eigenvalue weighted by Gasteiger charge is -2.04. The van der Waals surface area contributed by atoms with Crippen LogP contribution < -0.4 is 5.32 Å². The first kappa shape index (κ1) is 13.7. The normalized spacial score (nSPS) is 10.4. The molecule has 5 heteroatoms. The van der Waals surface area contributed by atoms with Crippen molar-refractivity contribution in [2.24, 2.45) is 0 Å². The molecule has 0 aliphatic carbocycles. The molecule has 0 radical (unpaired) electrons. The lowest BCUT2D eigenvalue weighted by molar-refractivity contribution is -0.121. The molecule has 100 valence electrons. The first-order valence-electron chi connectivity index (χ1n) is 6.30. The van der Waals surface area contributed by atoms with Gasteiger partial charge in [0.2, 0.25) is 5.91 Å². The molecule has 0 saturated heterocycles. The summed E-state index contributed by atoms with van der Waals surface area (Å²) < 4.78 is 0. The standard InChI is InChI=1S/C14H17N3OS/c1-11-13(19-10-17-11)6-8-16-14(18)5-4-12-3-2-7-15-9-12/h2-3,7,9-10H,4-6,8H2,1H3,(H,16,18). The van der Waals surface area contributed by atoms with Crippen molar-refractivity contribution in [2.75, 3.05) is 6.54 Å². The van der Waals surface area contributed by atoms with E-state index in [1.54, 1.807) is 23.7 Å². The summed E-state index contributed by atoms with van der Waals surface area (Å²) in [5.74, 6) is 0.0889. The van der Waals surface area contributed by atoms with Gasteiger partial charge in [-0.05, 0) is 25.0 Å². The Balaban J connectivity index is 1.66. The fourth-order valence-electron chi connectivity index (χ4n) is 1.77. The minimum Gasteiger partial charge on any atom is -0.356 e. The number of hydrogen-bond acceptors (Lipinski definition) is 4. The molecule has 0 saturated carbocycles. The Kier molecular flexibility index (Phi) is 5.03. The molecule has 2 rings (SSSR count). The molecular formula is C14H17N3OS. The van der Waals surface area contributed by atoms with Gasteiger partial charge >= 0.3 is 0 Å². The lowest BCUT2D eigenvalue weighted by atomic mass is 10.1. The number of amides is 1. The molecule has 1 N–H and O–H groups in total. The van der Waals surface area contributed by atoms with Crippen molar-refractivity contribution in [3.05, 3.63) is 46.2 Å². The predicted molar refractivity (Wildman–Crippen MR) is 76.1 cm³/mol. The third kappa shape index (κ3) is 4.44. The average molecular weight is 275 g/mol. The summed E-state index contributed by atoms with van der Waals surface area (Å²) in [4.78, 5) is 21.1. The zero-order valence-corrected chi connectivity index (χ0v) is 11.7. The maximum absolute atomic E-state index is 11.7. The van der Waals surface area contributed by atoms with Gasteiger partial charge in [-0.25, -0.2) is 4.98 Å². The maximum Gasteiger partial charge on any atom is 0.220 e. The number of pyridine rings is 1. The van der Waals surface area contributed by atoms with Crippen LogP contribution in [0, 0.1) is 6.92 Å². The van der Waals surface area contributed by atoms with Gasteiger partial charge in [0.25, 0.3) is 0 Å². The van der Waals surface area contributed by atoms with Gasteiger partial charge in [0, 0.05) is 36.7 Å². The Morgan fingerprint density at radius 1 is 1.42 bits per heavy atom. The minimum absolute atomic E-state index is 0.0889. The Morgan fingerprint density at radius 2 is 2.32 bits per heavy atom. The molecule has 2 heterocycles. The highest BCUT2D eigenvalue weighted by Crippen LogP contribution is 2.11. The molecule has 0 fully saturated rings. The molecule has 4 nitrogen and oxygen atoms in total. The van der Waals surface area contributed by atoms with Crippen LogP contribution in [-0.4, -0.2) is 22.4 Å². The van der Waals surface area contributed by atoms with Crippen molar-refractivity contribution >= 4 is 17.2 Å².